The fourth-order valence-corrected chi connectivity index (χ4v) is 2.18. The molecule has 2 rings (SSSR count). The molecule has 0 saturated heterocycles. The number of unbranched alkanes of at least 4 members (excludes halogenated alkanes) is 2. The number of aliphatic carboxylic acids is 1. The number of hydrogen-bond donors (Lipinski definition) is 1. The van der Waals surface area contributed by atoms with Crippen LogP contribution in [0.4, 0.5) is 0 Å². The van der Waals surface area contributed by atoms with Crippen molar-refractivity contribution in [3.63, 3.8) is 0 Å². The summed E-state index contributed by atoms with van der Waals surface area (Å²) in [5.41, 5.74) is 2.65. The van der Waals surface area contributed by atoms with Crippen LogP contribution in [0.25, 0.3) is 0 Å². The van der Waals surface area contributed by atoms with Crippen LogP contribution in [-0.4, -0.2) is 17.7 Å². The molecule has 0 fully saturated rings. The van der Waals surface area contributed by atoms with Crippen molar-refractivity contribution < 1.29 is 14.6 Å². The summed E-state index contributed by atoms with van der Waals surface area (Å²) in [6.45, 7) is 0.803. The standard InChI is InChI=1S/C14H18O3/c15-14(16)5-3-1-2-4-11-6-7-13-12(10-11)8-9-17-13/h6-7,10H,1-5,8-9H2,(H,15,16). The molecular weight excluding hydrogens is 216 g/mol. The van der Waals surface area contributed by atoms with Gasteiger partial charge in [0.05, 0.1) is 6.61 Å². The maximum absolute atomic E-state index is 10.3. The largest absolute Gasteiger partial charge is 0.493 e. The molecule has 0 unspecified atom stereocenters. The fraction of sp³-hybridized carbons (Fsp3) is 0.500. The van der Waals surface area contributed by atoms with Gasteiger partial charge in [0.1, 0.15) is 5.75 Å². The van der Waals surface area contributed by atoms with Gasteiger partial charge in [-0.15, -0.1) is 0 Å². The highest BCUT2D eigenvalue weighted by atomic mass is 16.5. The van der Waals surface area contributed by atoms with E-state index in [9.17, 15) is 4.79 Å². The molecule has 0 amide bonds. The highest BCUT2D eigenvalue weighted by molar-refractivity contribution is 5.66. The molecule has 92 valence electrons. The molecule has 1 heterocycles. The smallest absolute Gasteiger partial charge is 0.303 e. The van der Waals surface area contributed by atoms with Crippen molar-refractivity contribution in [2.75, 3.05) is 6.61 Å². The molecule has 1 N–H and O–H groups in total. The monoisotopic (exact) mass is 234 g/mol. The zero-order valence-electron chi connectivity index (χ0n) is 9.95. The first-order chi connectivity index (χ1) is 8.25. The van der Waals surface area contributed by atoms with Gasteiger partial charge in [0.2, 0.25) is 0 Å². The van der Waals surface area contributed by atoms with Gasteiger partial charge < -0.3 is 9.84 Å². The minimum Gasteiger partial charge on any atom is -0.493 e. The van der Waals surface area contributed by atoms with Gasteiger partial charge in [-0.25, -0.2) is 0 Å². The van der Waals surface area contributed by atoms with E-state index >= 15 is 0 Å². The molecule has 1 aliphatic rings. The van der Waals surface area contributed by atoms with Crippen LogP contribution in [-0.2, 0) is 17.6 Å². The van der Waals surface area contributed by atoms with Crippen molar-refractivity contribution in [3.8, 4) is 5.75 Å². The van der Waals surface area contributed by atoms with Crippen LogP contribution in [0.5, 0.6) is 5.75 Å². The SMILES string of the molecule is O=C(O)CCCCCc1ccc2c(c1)CCO2. The summed E-state index contributed by atoms with van der Waals surface area (Å²) in [6.07, 6.45) is 5.17. The van der Waals surface area contributed by atoms with E-state index in [0.29, 0.717) is 0 Å². The lowest BCUT2D eigenvalue weighted by Gasteiger charge is -2.04. The first kappa shape index (κ1) is 12.0. The van der Waals surface area contributed by atoms with Crippen LogP contribution in [0.2, 0.25) is 0 Å². The zero-order chi connectivity index (χ0) is 12.1. The number of fused-ring (bicyclic) bond motifs is 1. The molecule has 1 aromatic carbocycles. The summed E-state index contributed by atoms with van der Waals surface area (Å²) in [5, 5.41) is 8.52. The van der Waals surface area contributed by atoms with Crippen molar-refractivity contribution in [1.82, 2.24) is 0 Å². The van der Waals surface area contributed by atoms with Crippen LogP contribution in [0.3, 0.4) is 0 Å². The second-order valence-electron chi connectivity index (χ2n) is 4.49. The van der Waals surface area contributed by atoms with Crippen molar-refractivity contribution in [1.29, 1.82) is 0 Å². The molecule has 0 aliphatic carbocycles. The number of carboxylic acid groups (broad SMARTS) is 1. The van der Waals surface area contributed by atoms with E-state index in [-0.39, 0.29) is 6.42 Å². The van der Waals surface area contributed by atoms with Gasteiger partial charge in [0, 0.05) is 12.8 Å². The van der Waals surface area contributed by atoms with E-state index in [1.54, 1.807) is 0 Å². The van der Waals surface area contributed by atoms with Crippen molar-refractivity contribution >= 4 is 5.97 Å². The summed E-state index contributed by atoms with van der Waals surface area (Å²) < 4.78 is 5.46. The second-order valence-corrected chi connectivity index (χ2v) is 4.49. The molecule has 1 aliphatic heterocycles. The Morgan fingerprint density at radius 2 is 2.18 bits per heavy atom. The summed E-state index contributed by atoms with van der Waals surface area (Å²) in [5.74, 6) is 0.333. The summed E-state index contributed by atoms with van der Waals surface area (Å²) in [6, 6.07) is 6.38. The van der Waals surface area contributed by atoms with Gasteiger partial charge >= 0.3 is 5.97 Å². The van der Waals surface area contributed by atoms with Crippen LogP contribution in [0, 0.1) is 0 Å². The van der Waals surface area contributed by atoms with E-state index in [0.717, 1.165) is 44.5 Å². The highest BCUT2D eigenvalue weighted by Gasteiger charge is 2.11. The quantitative estimate of drug-likeness (QED) is 0.770. The first-order valence-corrected chi connectivity index (χ1v) is 6.22. The highest BCUT2D eigenvalue weighted by Crippen LogP contribution is 2.26. The summed E-state index contributed by atoms with van der Waals surface area (Å²) in [4.78, 5) is 10.3. The van der Waals surface area contributed by atoms with E-state index in [1.165, 1.54) is 11.1 Å². The van der Waals surface area contributed by atoms with Gasteiger partial charge in [-0.05, 0) is 36.5 Å². The Bertz CT molecular complexity index is 398. The lowest BCUT2D eigenvalue weighted by Crippen LogP contribution is -1.94. The Morgan fingerprint density at radius 1 is 1.29 bits per heavy atom. The van der Waals surface area contributed by atoms with Gasteiger partial charge in [0.25, 0.3) is 0 Å². The minimum absolute atomic E-state index is 0.290. The first-order valence-electron chi connectivity index (χ1n) is 6.22. The summed E-state index contributed by atoms with van der Waals surface area (Å²) >= 11 is 0. The lowest BCUT2D eigenvalue weighted by molar-refractivity contribution is -0.137. The summed E-state index contributed by atoms with van der Waals surface area (Å²) in [7, 11) is 0. The Kier molecular flexibility index (Phi) is 4.02. The zero-order valence-corrected chi connectivity index (χ0v) is 9.95. The van der Waals surface area contributed by atoms with Crippen molar-refractivity contribution in [2.24, 2.45) is 0 Å². The number of ether oxygens (including phenoxy) is 1. The number of carbonyl (C=O) groups is 1. The molecule has 3 heteroatoms. The van der Waals surface area contributed by atoms with E-state index in [1.807, 2.05) is 0 Å². The van der Waals surface area contributed by atoms with Crippen LogP contribution in [0.15, 0.2) is 18.2 Å². The molecule has 1 aromatic rings. The predicted molar refractivity (Wildman–Crippen MR) is 65.4 cm³/mol. The molecule has 0 saturated carbocycles. The molecule has 0 atom stereocenters. The molecule has 17 heavy (non-hydrogen) atoms. The molecule has 0 spiro atoms. The Morgan fingerprint density at radius 3 is 3.00 bits per heavy atom. The van der Waals surface area contributed by atoms with Crippen molar-refractivity contribution in [2.45, 2.75) is 38.5 Å². The average molecular weight is 234 g/mol. The van der Waals surface area contributed by atoms with E-state index in [2.05, 4.69) is 18.2 Å². The third kappa shape index (κ3) is 3.48. The van der Waals surface area contributed by atoms with Gasteiger partial charge in [-0.3, -0.25) is 4.79 Å². The molecule has 0 radical (unpaired) electrons. The number of aryl methyl sites for hydroxylation is 1. The minimum atomic E-state index is -0.695. The van der Waals surface area contributed by atoms with Gasteiger partial charge in [-0.2, -0.15) is 0 Å². The molecule has 0 bridgehead atoms. The van der Waals surface area contributed by atoms with Crippen LogP contribution >= 0.6 is 0 Å². The number of benzene rings is 1. The number of hydrogen-bond acceptors (Lipinski definition) is 2. The topological polar surface area (TPSA) is 46.5 Å². The second kappa shape index (κ2) is 5.71. The third-order valence-electron chi connectivity index (χ3n) is 3.11. The van der Waals surface area contributed by atoms with Gasteiger partial charge in [0.15, 0.2) is 0 Å². The third-order valence-corrected chi connectivity index (χ3v) is 3.11. The number of carboxylic acids is 1. The Balaban J connectivity index is 1.74. The van der Waals surface area contributed by atoms with Crippen LogP contribution < -0.4 is 4.74 Å². The van der Waals surface area contributed by atoms with E-state index < -0.39 is 5.97 Å². The maximum Gasteiger partial charge on any atom is 0.303 e. The Labute approximate surface area is 101 Å². The average Bonchev–Trinajstić information content (AvgIpc) is 2.75. The number of rotatable bonds is 6. The maximum atomic E-state index is 10.3. The lowest BCUT2D eigenvalue weighted by atomic mass is 10.0. The Hall–Kier alpha value is -1.51. The molecule has 3 nitrogen and oxygen atoms in total. The predicted octanol–water partition coefficient (Wildman–Crippen LogP) is 2.81. The van der Waals surface area contributed by atoms with Crippen LogP contribution in [0.1, 0.15) is 36.8 Å². The molecule has 0 aromatic heterocycles. The molecular formula is C14H18O3. The van der Waals surface area contributed by atoms with Crippen molar-refractivity contribution in [3.05, 3.63) is 29.3 Å². The normalized spacial score (nSPS) is 13.2. The fourth-order valence-electron chi connectivity index (χ4n) is 2.18. The van der Waals surface area contributed by atoms with Gasteiger partial charge in [-0.1, -0.05) is 18.6 Å². The van der Waals surface area contributed by atoms with E-state index in [4.69, 9.17) is 9.84 Å².